The van der Waals surface area contributed by atoms with E-state index in [0.29, 0.717) is 32.7 Å². The van der Waals surface area contributed by atoms with Gasteiger partial charge in [0.25, 0.3) is 5.91 Å². The van der Waals surface area contributed by atoms with Gasteiger partial charge in [-0.2, -0.15) is 5.26 Å². The van der Waals surface area contributed by atoms with Crippen LogP contribution < -0.4 is 5.32 Å². The van der Waals surface area contributed by atoms with Crippen molar-refractivity contribution in [2.24, 2.45) is 0 Å². The van der Waals surface area contributed by atoms with Crippen molar-refractivity contribution in [1.29, 1.82) is 5.26 Å². The highest BCUT2D eigenvalue weighted by atomic mass is 16.5. The first kappa shape index (κ1) is 16.9. The first-order valence-electron chi connectivity index (χ1n) is 6.04. The summed E-state index contributed by atoms with van der Waals surface area (Å²) < 4.78 is 4.88. The third-order valence-corrected chi connectivity index (χ3v) is 2.21. The number of nitriles is 1. The van der Waals surface area contributed by atoms with Crippen molar-refractivity contribution in [2.45, 2.75) is 6.42 Å². The van der Waals surface area contributed by atoms with Crippen molar-refractivity contribution < 1.29 is 9.53 Å². The molecule has 0 aliphatic carbocycles. The van der Waals surface area contributed by atoms with Crippen molar-refractivity contribution >= 4 is 5.91 Å². The van der Waals surface area contributed by atoms with Crippen molar-refractivity contribution in [3.05, 3.63) is 37.1 Å². The minimum atomic E-state index is -0.378. The lowest BCUT2D eigenvalue weighted by atomic mass is 10.2. The van der Waals surface area contributed by atoms with Crippen molar-refractivity contribution in [3.63, 3.8) is 0 Å². The molecular formula is C14H21N3O2. The number of amides is 1. The van der Waals surface area contributed by atoms with Gasteiger partial charge in [-0.1, -0.05) is 12.2 Å². The Bertz CT molecular complexity index is 359. The molecule has 0 saturated carbocycles. The second-order valence-corrected chi connectivity index (χ2v) is 3.79. The SMILES string of the molecule is C=CCN(/C=C(/C#N)C(=O)NCCCOC)CC=C. The largest absolute Gasteiger partial charge is 0.385 e. The quantitative estimate of drug-likeness (QED) is 0.278. The van der Waals surface area contributed by atoms with Gasteiger partial charge in [-0.3, -0.25) is 4.79 Å². The Morgan fingerprint density at radius 3 is 2.53 bits per heavy atom. The van der Waals surface area contributed by atoms with Crippen LogP contribution in [0.15, 0.2) is 37.1 Å². The number of hydrogen-bond donors (Lipinski definition) is 1. The molecule has 0 radical (unpaired) electrons. The Morgan fingerprint density at radius 2 is 2.05 bits per heavy atom. The summed E-state index contributed by atoms with van der Waals surface area (Å²) in [5, 5.41) is 11.7. The molecule has 0 spiro atoms. The highest BCUT2D eigenvalue weighted by Crippen LogP contribution is 1.99. The minimum absolute atomic E-state index is 0.0705. The van der Waals surface area contributed by atoms with Gasteiger partial charge in [0.05, 0.1) is 0 Å². The molecule has 104 valence electrons. The van der Waals surface area contributed by atoms with Gasteiger partial charge in [-0.15, -0.1) is 13.2 Å². The van der Waals surface area contributed by atoms with Gasteiger partial charge in [0.2, 0.25) is 0 Å². The van der Waals surface area contributed by atoms with Gasteiger partial charge in [0.15, 0.2) is 0 Å². The highest BCUT2D eigenvalue weighted by molar-refractivity contribution is 5.97. The van der Waals surface area contributed by atoms with E-state index in [4.69, 9.17) is 10.00 Å². The molecule has 5 nitrogen and oxygen atoms in total. The van der Waals surface area contributed by atoms with Crippen LogP contribution in [0.1, 0.15) is 6.42 Å². The van der Waals surface area contributed by atoms with E-state index in [9.17, 15) is 4.79 Å². The molecule has 0 aromatic rings. The molecule has 0 heterocycles. The first-order valence-corrected chi connectivity index (χ1v) is 6.04. The smallest absolute Gasteiger partial charge is 0.263 e. The number of rotatable bonds is 10. The molecule has 1 N–H and O–H groups in total. The van der Waals surface area contributed by atoms with E-state index in [-0.39, 0.29) is 11.5 Å². The van der Waals surface area contributed by atoms with E-state index in [1.807, 2.05) is 6.07 Å². The lowest BCUT2D eigenvalue weighted by Crippen LogP contribution is -2.28. The Labute approximate surface area is 114 Å². The number of nitrogens with one attached hydrogen (secondary N) is 1. The second-order valence-electron chi connectivity index (χ2n) is 3.79. The number of carbonyl (C=O) groups is 1. The maximum Gasteiger partial charge on any atom is 0.263 e. The molecule has 0 aromatic carbocycles. The van der Waals surface area contributed by atoms with Crippen LogP contribution in [-0.4, -0.2) is 44.2 Å². The highest BCUT2D eigenvalue weighted by Gasteiger charge is 2.09. The maximum absolute atomic E-state index is 11.8. The van der Waals surface area contributed by atoms with E-state index in [1.54, 1.807) is 24.2 Å². The van der Waals surface area contributed by atoms with Crippen LogP contribution in [0.4, 0.5) is 0 Å². The second kappa shape index (κ2) is 11.1. The van der Waals surface area contributed by atoms with Crippen molar-refractivity contribution in [1.82, 2.24) is 10.2 Å². The minimum Gasteiger partial charge on any atom is -0.385 e. The summed E-state index contributed by atoms with van der Waals surface area (Å²) in [5.74, 6) is -0.378. The topological polar surface area (TPSA) is 65.4 Å². The van der Waals surface area contributed by atoms with E-state index in [2.05, 4.69) is 18.5 Å². The van der Waals surface area contributed by atoms with Gasteiger partial charge in [0.1, 0.15) is 11.6 Å². The Hall–Kier alpha value is -2.06. The summed E-state index contributed by atoms with van der Waals surface area (Å²) in [6, 6.07) is 1.90. The number of hydrogen-bond acceptors (Lipinski definition) is 4. The summed E-state index contributed by atoms with van der Waals surface area (Å²) in [7, 11) is 1.60. The summed E-state index contributed by atoms with van der Waals surface area (Å²) in [6.07, 6.45) is 5.63. The zero-order valence-corrected chi connectivity index (χ0v) is 11.4. The Balaban J connectivity index is 4.50. The molecule has 0 rings (SSSR count). The molecule has 0 atom stereocenters. The van der Waals surface area contributed by atoms with Gasteiger partial charge in [0, 0.05) is 39.6 Å². The maximum atomic E-state index is 11.8. The predicted molar refractivity (Wildman–Crippen MR) is 75.2 cm³/mol. The summed E-state index contributed by atoms with van der Waals surface area (Å²) in [6.45, 7) is 9.41. The summed E-state index contributed by atoms with van der Waals surface area (Å²) in [4.78, 5) is 13.5. The molecule has 0 aromatic heterocycles. The third-order valence-electron chi connectivity index (χ3n) is 2.21. The average Bonchev–Trinajstić information content (AvgIpc) is 2.41. The van der Waals surface area contributed by atoms with E-state index in [1.165, 1.54) is 6.20 Å². The standard InChI is InChI=1S/C14H21N3O2/c1-4-8-17(9-5-2)12-13(11-15)14(18)16-7-6-10-19-3/h4-5,12H,1-2,6-10H2,3H3,(H,16,18)/b13-12-. The fourth-order valence-electron chi connectivity index (χ4n) is 1.35. The fourth-order valence-corrected chi connectivity index (χ4v) is 1.35. The van der Waals surface area contributed by atoms with Crippen molar-refractivity contribution in [3.8, 4) is 6.07 Å². The van der Waals surface area contributed by atoms with Crippen LogP contribution in [0.3, 0.4) is 0 Å². The number of ether oxygens (including phenoxy) is 1. The third kappa shape index (κ3) is 7.79. The normalized spacial score (nSPS) is 10.4. The molecule has 0 unspecified atom stereocenters. The van der Waals surface area contributed by atoms with Crippen LogP contribution in [0.25, 0.3) is 0 Å². The van der Waals surface area contributed by atoms with E-state index in [0.717, 1.165) is 0 Å². The van der Waals surface area contributed by atoms with Crippen LogP contribution in [-0.2, 0) is 9.53 Å². The molecular weight excluding hydrogens is 242 g/mol. The van der Waals surface area contributed by atoms with Crippen LogP contribution in [0.2, 0.25) is 0 Å². The zero-order chi connectivity index (χ0) is 14.5. The van der Waals surface area contributed by atoms with Gasteiger partial charge >= 0.3 is 0 Å². The number of carbonyl (C=O) groups excluding carboxylic acids is 1. The van der Waals surface area contributed by atoms with Gasteiger partial charge in [-0.25, -0.2) is 0 Å². The van der Waals surface area contributed by atoms with Crippen LogP contribution in [0, 0.1) is 11.3 Å². The lowest BCUT2D eigenvalue weighted by molar-refractivity contribution is -0.117. The average molecular weight is 263 g/mol. The molecule has 1 amide bonds. The monoisotopic (exact) mass is 263 g/mol. The lowest BCUT2D eigenvalue weighted by Gasteiger charge is -2.16. The molecule has 19 heavy (non-hydrogen) atoms. The zero-order valence-electron chi connectivity index (χ0n) is 11.4. The van der Waals surface area contributed by atoms with Crippen LogP contribution in [0.5, 0.6) is 0 Å². The fraction of sp³-hybridized carbons (Fsp3) is 0.429. The van der Waals surface area contributed by atoms with Crippen LogP contribution >= 0.6 is 0 Å². The molecule has 0 saturated heterocycles. The Morgan fingerprint density at radius 1 is 1.42 bits per heavy atom. The molecule has 0 fully saturated rings. The predicted octanol–water partition coefficient (Wildman–Crippen LogP) is 1.22. The summed E-state index contributed by atoms with van der Waals surface area (Å²) >= 11 is 0. The first-order chi connectivity index (χ1) is 9.19. The van der Waals surface area contributed by atoms with Crippen molar-refractivity contribution in [2.75, 3.05) is 33.4 Å². The number of nitrogens with zero attached hydrogens (tertiary/aromatic N) is 2. The Kier molecular flexibility index (Phi) is 9.86. The van der Waals surface area contributed by atoms with Gasteiger partial charge in [-0.05, 0) is 6.42 Å². The summed E-state index contributed by atoms with van der Waals surface area (Å²) in [5.41, 5.74) is 0.0705. The van der Waals surface area contributed by atoms with E-state index >= 15 is 0 Å². The number of methoxy groups -OCH3 is 1. The molecule has 0 bridgehead atoms. The molecule has 0 aliphatic rings. The molecule has 5 heteroatoms. The van der Waals surface area contributed by atoms with E-state index < -0.39 is 0 Å². The van der Waals surface area contributed by atoms with Gasteiger partial charge < -0.3 is 15.0 Å². The molecule has 0 aliphatic heterocycles.